The fourth-order valence-electron chi connectivity index (χ4n) is 1.83. The van der Waals surface area contributed by atoms with Crippen LogP contribution in [0.3, 0.4) is 0 Å². The van der Waals surface area contributed by atoms with Crippen LogP contribution in [0.5, 0.6) is 23.5 Å². The first-order chi connectivity index (χ1) is 13.1. The van der Waals surface area contributed by atoms with E-state index < -0.39 is 18.1 Å². The first-order valence-electron chi connectivity index (χ1n) is 7.78. The highest BCUT2D eigenvalue weighted by Crippen LogP contribution is 2.26. The Morgan fingerprint density at radius 3 is 2.33 bits per heavy atom. The van der Waals surface area contributed by atoms with Crippen molar-refractivity contribution in [2.45, 2.75) is 6.92 Å². The van der Waals surface area contributed by atoms with Crippen molar-refractivity contribution >= 4 is 23.0 Å². The number of hydrogen-bond acceptors (Lipinski definition) is 10. The van der Waals surface area contributed by atoms with Crippen molar-refractivity contribution in [1.29, 1.82) is 0 Å². The third-order valence-electron chi connectivity index (χ3n) is 3.01. The van der Waals surface area contributed by atoms with Crippen molar-refractivity contribution in [2.75, 3.05) is 26.8 Å². The Balaban J connectivity index is 2.11. The number of benzene rings is 1. The van der Waals surface area contributed by atoms with Crippen LogP contribution < -0.4 is 14.2 Å². The lowest BCUT2D eigenvalue weighted by atomic mass is 10.2. The van der Waals surface area contributed by atoms with E-state index in [-0.39, 0.29) is 29.1 Å². The van der Waals surface area contributed by atoms with Crippen LogP contribution in [0.25, 0.3) is 0 Å². The Morgan fingerprint density at radius 2 is 1.70 bits per heavy atom. The van der Waals surface area contributed by atoms with Gasteiger partial charge < -0.3 is 23.7 Å². The number of hydrogen-bond donors (Lipinski definition) is 0. The fourth-order valence-corrected chi connectivity index (χ4v) is 2.20. The van der Waals surface area contributed by atoms with Gasteiger partial charge >= 0.3 is 17.3 Å². The second-order valence-corrected chi connectivity index (χ2v) is 5.91. The summed E-state index contributed by atoms with van der Waals surface area (Å²) in [7, 11) is 2.88. The van der Waals surface area contributed by atoms with Gasteiger partial charge in [-0.05, 0) is 23.9 Å². The molecule has 0 fully saturated rings. The largest absolute Gasteiger partial charge is 0.481 e. The molecule has 0 aliphatic carbocycles. The Labute approximate surface area is 159 Å². The number of ether oxygens (including phenoxy) is 5. The molecule has 0 atom stereocenters. The number of carbonyl (C=O) groups is 2. The van der Waals surface area contributed by atoms with Crippen LogP contribution in [0.15, 0.2) is 30.3 Å². The van der Waals surface area contributed by atoms with Gasteiger partial charge in [-0.15, -0.1) is 0 Å². The molecule has 9 nitrogen and oxygen atoms in total. The third-order valence-corrected chi connectivity index (χ3v) is 3.66. The van der Waals surface area contributed by atoms with Crippen LogP contribution in [0.1, 0.15) is 17.3 Å². The van der Waals surface area contributed by atoms with E-state index in [0.29, 0.717) is 5.75 Å². The normalized spacial score (nSPS) is 10.0. The van der Waals surface area contributed by atoms with Crippen molar-refractivity contribution in [2.24, 2.45) is 0 Å². The van der Waals surface area contributed by atoms with E-state index in [1.165, 1.54) is 26.4 Å². The molecule has 144 valence electrons. The highest BCUT2D eigenvalue weighted by molar-refractivity contribution is 8.13. The van der Waals surface area contributed by atoms with Gasteiger partial charge in [-0.1, -0.05) is 19.1 Å². The van der Waals surface area contributed by atoms with E-state index in [4.69, 9.17) is 23.7 Å². The second kappa shape index (κ2) is 10.2. The average Bonchev–Trinajstić information content (AvgIpc) is 2.68. The summed E-state index contributed by atoms with van der Waals surface area (Å²) >= 11 is 0.973. The number of rotatable bonds is 8. The van der Waals surface area contributed by atoms with Gasteiger partial charge in [0, 0.05) is 5.75 Å². The number of aromatic nitrogens is 2. The molecule has 0 aliphatic heterocycles. The van der Waals surface area contributed by atoms with Crippen molar-refractivity contribution in [3.63, 3.8) is 0 Å². The number of methoxy groups -OCH3 is 2. The number of thioether (sulfide) groups is 1. The maximum absolute atomic E-state index is 12.3. The molecule has 27 heavy (non-hydrogen) atoms. The smallest absolute Gasteiger partial charge is 0.370 e. The highest BCUT2D eigenvalue weighted by atomic mass is 32.2. The van der Waals surface area contributed by atoms with Crippen LogP contribution in [0, 0.1) is 0 Å². The predicted octanol–water partition coefficient (Wildman–Crippen LogP) is 3.29. The van der Waals surface area contributed by atoms with E-state index in [2.05, 4.69) is 9.97 Å². The van der Waals surface area contributed by atoms with E-state index in [1.54, 1.807) is 25.1 Å². The van der Waals surface area contributed by atoms with E-state index in [9.17, 15) is 9.59 Å². The summed E-state index contributed by atoms with van der Waals surface area (Å²) in [5, 5.41) is -0.522. The molecule has 0 saturated carbocycles. The van der Waals surface area contributed by atoms with Gasteiger partial charge in [0.1, 0.15) is 11.3 Å². The molecule has 2 aromatic rings. The van der Waals surface area contributed by atoms with Gasteiger partial charge in [-0.25, -0.2) is 9.59 Å². The average molecular weight is 394 g/mol. The van der Waals surface area contributed by atoms with Crippen molar-refractivity contribution < 1.29 is 33.3 Å². The standard InChI is InChI=1S/C17H18N2O7S/c1-4-27-17(21)25-10-24-15(20)11-7-5-6-8-12(11)26-16-18-13(22-2)9-14(19-16)23-3/h5-9H,4,10H2,1-3H3. The first-order valence-corrected chi connectivity index (χ1v) is 8.76. The van der Waals surface area contributed by atoms with Gasteiger partial charge in [-0.3, -0.25) is 0 Å². The molecule has 0 spiro atoms. The number of esters is 1. The monoisotopic (exact) mass is 394 g/mol. The molecule has 1 aromatic heterocycles. The molecule has 1 heterocycles. The first kappa shape index (κ1) is 20.3. The van der Waals surface area contributed by atoms with Gasteiger partial charge in [0.15, 0.2) is 0 Å². The summed E-state index contributed by atoms with van der Waals surface area (Å²) in [4.78, 5) is 31.6. The molecule has 0 bridgehead atoms. The Morgan fingerprint density at radius 1 is 1.04 bits per heavy atom. The van der Waals surface area contributed by atoms with Gasteiger partial charge in [0.25, 0.3) is 0 Å². The number of para-hydroxylation sites is 1. The SMILES string of the molecule is CCSC(=O)OCOC(=O)c1ccccc1Oc1nc(OC)cc(OC)n1. The minimum atomic E-state index is -0.727. The van der Waals surface area contributed by atoms with E-state index in [1.807, 2.05) is 0 Å². The molecule has 10 heteroatoms. The maximum Gasteiger partial charge on any atom is 0.370 e. The molecule has 0 unspecified atom stereocenters. The minimum absolute atomic E-state index is 0.0720. The molecular formula is C17H18N2O7S. The topological polar surface area (TPSA) is 106 Å². The number of nitrogens with zero attached hydrogens (tertiary/aromatic N) is 2. The van der Waals surface area contributed by atoms with Crippen LogP contribution in [-0.4, -0.2) is 48.0 Å². The zero-order valence-corrected chi connectivity index (χ0v) is 15.8. The molecule has 1 aromatic carbocycles. The van der Waals surface area contributed by atoms with E-state index in [0.717, 1.165) is 11.8 Å². The summed E-state index contributed by atoms with van der Waals surface area (Å²) in [6, 6.07) is 7.76. The highest BCUT2D eigenvalue weighted by Gasteiger charge is 2.17. The van der Waals surface area contributed by atoms with Gasteiger partial charge in [-0.2, -0.15) is 9.97 Å². The molecule has 0 saturated heterocycles. The van der Waals surface area contributed by atoms with Crippen LogP contribution in [0.2, 0.25) is 0 Å². The summed E-state index contributed by atoms with van der Waals surface area (Å²) < 4.78 is 25.4. The van der Waals surface area contributed by atoms with Crippen LogP contribution in [-0.2, 0) is 9.47 Å². The molecule has 2 rings (SSSR count). The Bertz CT molecular complexity index is 778. The second-order valence-electron chi connectivity index (χ2n) is 4.71. The summed E-state index contributed by atoms with van der Waals surface area (Å²) in [5.74, 6) is 0.462. The Hall–Kier alpha value is -3.01. The zero-order valence-electron chi connectivity index (χ0n) is 15.0. The van der Waals surface area contributed by atoms with Crippen LogP contribution >= 0.6 is 11.8 Å². The van der Waals surface area contributed by atoms with E-state index >= 15 is 0 Å². The minimum Gasteiger partial charge on any atom is -0.481 e. The number of carbonyl (C=O) groups excluding carboxylic acids is 2. The molecule has 0 amide bonds. The third kappa shape index (κ3) is 6.03. The zero-order chi connectivity index (χ0) is 19.6. The fraction of sp³-hybridized carbons (Fsp3) is 0.294. The van der Waals surface area contributed by atoms with Gasteiger partial charge in [0.05, 0.1) is 20.3 Å². The Kier molecular flexibility index (Phi) is 7.68. The van der Waals surface area contributed by atoms with Crippen molar-refractivity contribution in [3.05, 3.63) is 35.9 Å². The quantitative estimate of drug-likeness (QED) is 0.489. The molecular weight excluding hydrogens is 376 g/mol. The van der Waals surface area contributed by atoms with Crippen LogP contribution in [0.4, 0.5) is 4.79 Å². The molecule has 0 N–H and O–H groups in total. The lowest BCUT2D eigenvalue weighted by Gasteiger charge is -2.11. The lowest BCUT2D eigenvalue weighted by Crippen LogP contribution is -2.11. The molecule has 0 aliphatic rings. The van der Waals surface area contributed by atoms with Gasteiger partial charge in [0.2, 0.25) is 18.6 Å². The van der Waals surface area contributed by atoms with Crippen molar-refractivity contribution in [1.82, 2.24) is 9.97 Å². The molecule has 0 radical (unpaired) electrons. The summed E-state index contributed by atoms with van der Waals surface area (Å²) in [6.45, 7) is 1.31. The summed E-state index contributed by atoms with van der Waals surface area (Å²) in [6.07, 6.45) is 0. The maximum atomic E-state index is 12.3. The summed E-state index contributed by atoms with van der Waals surface area (Å²) in [5.41, 5.74) is 0.113. The lowest BCUT2D eigenvalue weighted by molar-refractivity contribution is 0.00389. The predicted molar refractivity (Wildman–Crippen MR) is 96.5 cm³/mol. The van der Waals surface area contributed by atoms with Crippen molar-refractivity contribution in [3.8, 4) is 23.5 Å².